The van der Waals surface area contributed by atoms with Gasteiger partial charge in [-0.15, -0.1) is 11.3 Å². The van der Waals surface area contributed by atoms with Crippen molar-refractivity contribution in [2.45, 2.75) is 29.4 Å². The van der Waals surface area contributed by atoms with Crippen LogP contribution >= 0.6 is 11.3 Å². The Morgan fingerprint density at radius 2 is 1.81 bits per heavy atom. The number of hydrogen-bond acceptors (Lipinski definition) is 7. The van der Waals surface area contributed by atoms with Gasteiger partial charge in [-0.3, -0.25) is 10.1 Å². The van der Waals surface area contributed by atoms with Crippen LogP contribution in [0.15, 0.2) is 52.7 Å². The highest BCUT2D eigenvalue weighted by Gasteiger charge is 2.32. The molecule has 0 amide bonds. The van der Waals surface area contributed by atoms with Crippen LogP contribution in [0.1, 0.15) is 24.1 Å². The van der Waals surface area contributed by atoms with Gasteiger partial charge in [0.05, 0.1) is 20.8 Å². The molecular formula is C21H19F2N3O4S2. The lowest BCUT2D eigenvalue weighted by Gasteiger charge is -2.31. The van der Waals surface area contributed by atoms with Gasteiger partial charge in [-0.2, -0.15) is 0 Å². The maximum absolute atomic E-state index is 13.4. The van der Waals surface area contributed by atoms with E-state index in [0.717, 1.165) is 17.3 Å². The number of aromatic nitrogens is 1. The molecule has 1 aliphatic heterocycles. The van der Waals surface area contributed by atoms with Crippen LogP contribution in [0, 0.1) is 21.7 Å². The molecule has 0 spiro atoms. The second-order valence-corrected chi connectivity index (χ2v) is 10.6. The topological polar surface area (TPSA) is 93.4 Å². The van der Waals surface area contributed by atoms with Gasteiger partial charge in [0.1, 0.15) is 11.6 Å². The SMILES string of the molecule is O=[N+]([O-])c1cccc(S(=O)(=O)C2CCN(c3nc(Cc4cc(F)cc(F)c4)cs3)CC2)c1. The van der Waals surface area contributed by atoms with Crippen molar-refractivity contribution in [1.29, 1.82) is 0 Å². The number of piperidine rings is 1. The average molecular weight is 480 g/mol. The van der Waals surface area contributed by atoms with Crippen molar-refractivity contribution in [3.05, 3.63) is 80.9 Å². The number of nitro benzene ring substituents is 1. The van der Waals surface area contributed by atoms with E-state index >= 15 is 0 Å². The van der Waals surface area contributed by atoms with Gasteiger partial charge in [-0.1, -0.05) is 6.07 Å². The van der Waals surface area contributed by atoms with Crippen LogP contribution in [0.3, 0.4) is 0 Å². The maximum atomic E-state index is 13.4. The summed E-state index contributed by atoms with van der Waals surface area (Å²) in [5.74, 6) is -1.27. The number of nitro groups is 1. The Kier molecular flexibility index (Phi) is 6.20. The van der Waals surface area contributed by atoms with E-state index in [-0.39, 0.29) is 10.6 Å². The fourth-order valence-corrected chi connectivity index (χ4v) is 6.42. The third-order valence-electron chi connectivity index (χ3n) is 5.36. The summed E-state index contributed by atoms with van der Waals surface area (Å²) in [4.78, 5) is 16.8. The quantitative estimate of drug-likeness (QED) is 0.385. The first-order valence-corrected chi connectivity index (χ1v) is 12.3. The monoisotopic (exact) mass is 479 g/mol. The lowest BCUT2D eigenvalue weighted by molar-refractivity contribution is -0.385. The molecule has 2 aromatic carbocycles. The average Bonchev–Trinajstić information content (AvgIpc) is 3.21. The van der Waals surface area contributed by atoms with Crippen LogP contribution in [0.4, 0.5) is 19.6 Å². The lowest BCUT2D eigenvalue weighted by atomic mass is 10.1. The fourth-order valence-electron chi connectivity index (χ4n) is 3.77. The predicted octanol–water partition coefficient (Wildman–Crippen LogP) is 4.36. The van der Waals surface area contributed by atoms with Crippen molar-refractivity contribution >= 4 is 32.0 Å². The first-order valence-electron chi connectivity index (χ1n) is 9.85. The summed E-state index contributed by atoms with van der Waals surface area (Å²) in [5.41, 5.74) is 0.916. The molecule has 11 heteroatoms. The summed E-state index contributed by atoms with van der Waals surface area (Å²) < 4.78 is 52.7. The van der Waals surface area contributed by atoms with Crippen molar-refractivity contribution in [2.75, 3.05) is 18.0 Å². The Bertz CT molecular complexity index is 1240. The van der Waals surface area contributed by atoms with Crippen LogP contribution in [0.2, 0.25) is 0 Å². The van der Waals surface area contributed by atoms with Gasteiger partial charge >= 0.3 is 0 Å². The standard InChI is InChI=1S/C21H19F2N3O4S2/c22-15-8-14(9-16(23)11-15)10-17-13-31-21(24-17)25-6-4-19(5-7-25)32(29,30)20-3-1-2-18(12-20)26(27)28/h1-3,8-9,11-13,19H,4-7,10H2. The molecule has 32 heavy (non-hydrogen) atoms. The van der Waals surface area contributed by atoms with E-state index in [4.69, 9.17) is 0 Å². The summed E-state index contributed by atoms with van der Waals surface area (Å²) in [6.07, 6.45) is 1.03. The molecule has 0 N–H and O–H groups in total. The maximum Gasteiger partial charge on any atom is 0.270 e. The molecule has 1 aromatic heterocycles. The van der Waals surface area contributed by atoms with Gasteiger partial charge in [-0.25, -0.2) is 22.2 Å². The van der Waals surface area contributed by atoms with Gasteiger partial charge in [0.2, 0.25) is 0 Å². The fraction of sp³-hybridized carbons (Fsp3) is 0.286. The molecule has 1 saturated heterocycles. The van der Waals surface area contributed by atoms with Crippen LogP contribution in [-0.2, 0) is 16.3 Å². The number of hydrogen-bond donors (Lipinski definition) is 0. The molecule has 2 heterocycles. The number of halogens is 2. The Morgan fingerprint density at radius 1 is 1.12 bits per heavy atom. The number of sulfone groups is 1. The Hall–Kier alpha value is -2.92. The molecule has 168 valence electrons. The zero-order chi connectivity index (χ0) is 22.9. The van der Waals surface area contributed by atoms with Crippen molar-refractivity contribution in [3.8, 4) is 0 Å². The molecule has 3 aromatic rings. The van der Waals surface area contributed by atoms with Crippen molar-refractivity contribution < 1.29 is 22.1 Å². The van der Waals surface area contributed by atoms with Gasteiger partial charge in [0.25, 0.3) is 5.69 Å². The number of benzene rings is 2. The predicted molar refractivity (Wildman–Crippen MR) is 117 cm³/mol. The number of thiazole rings is 1. The number of nitrogens with zero attached hydrogens (tertiary/aromatic N) is 3. The van der Waals surface area contributed by atoms with E-state index in [1.165, 1.54) is 41.7 Å². The van der Waals surface area contributed by atoms with Gasteiger partial charge in [0, 0.05) is 43.1 Å². The molecule has 0 radical (unpaired) electrons. The second-order valence-electron chi connectivity index (χ2n) is 7.56. The van der Waals surface area contributed by atoms with Gasteiger partial charge < -0.3 is 4.90 Å². The van der Waals surface area contributed by atoms with Gasteiger partial charge in [0.15, 0.2) is 15.0 Å². The Balaban J connectivity index is 1.42. The summed E-state index contributed by atoms with van der Waals surface area (Å²) in [5, 5.41) is 12.9. The van der Waals surface area contributed by atoms with E-state index in [9.17, 15) is 27.3 Å². The van der Waals surface area contributed by atoms with Crippen molar-refractivity contribution in [1.82, 2.24) is 4.98 Å². The first-order chi connectivity index (χ1) is 15.2. The number of anilines is 1. The molecule has 7 nitrogen and oxygen atoms in total. The zero-order valence-corrected chi connectivity index (χ0v) is 18.4. The molecule has 0 unspecified atom stereocenters. The highest BCUT2D eigenvalue weighted by atomic mass is 32.2. The first kappa shape index (κ1) is 22.3. The Labute approximate surface area is 187 Å². The molecule has 1 fully saturated rings. The summed E-state index contributed by atoms with van der Waals surface area (Å²) in [6.45, 7) is 0.945. The van der Waals surface area contributed by atoms with Crippen LogP contribution in [0.5, 0.6) is 0 Å². The van der Waals surface area contributed by atoms with E-state index < -0.39 is 31.6 Å². The lowest BCUT2D eigenvalue weighted by Crippen LogP contribution is -2.39. The summed E-state index contributed by atoms with van der Waals surface area (Å²) >= 11 is 1.40. The van der Waals surface area contributed by atoms with E-state index in [1.54, 1.807) is 0 Å². The van der Waals surface area contributed by atoms with E-state index in [2.05, 4.69) is 4.98 Å². The Morgan fingerprint density at radius 3 is 2.47 bits per heavy atom. The summed E-state index contributed by atoms with van der Waals surface area (Å²) in [7, 11) is -3.69. The third-order valence-corrected chi connectivity index (χ3v) is 8.57. The molecule has 0 bridgehead atoms. The van der Waals surface area contributed by atoms with E-state index in [1.807, 2.05) is 10.3 Å². The number of rotatable bonds is 6. The van der Waals surface area contributed by atoms with Crippen LogP contribution in [0.25, 0.3) is 0 Å². The molecular weight excluding hydrogens is 460 g/mol. The van der Waals surface area contributed by atoms with Crippen LogP contribution < -0.4 is 4.90 Å². The largest absolute Gasteiger partial charge is 0.348 e. The minimum Gasteiger partial charge on any atom is -0.348 e. The normalized spacial score (nSPS) is 15.1. The minimum atomic E-state index is -3.69. The zero-order valence-electron chi connectivity index (χ0n) is 16.8. The van der Waals surface area contributed by atoms with E-state index in [0.29, 0.717) is 43.6 Å². The van der Waals surface area contributed by atoms with Crippen molar-refractivity contribution in [2.24, 2.45) is 0 Å². The van der Waals surface area contributed by atoms with Gasteiger partial charge in [-0.05, 0) is 36.6 Å². The number of non-ortho nitro benzene ring substituents is 1. The second kappa shape index (κ2) is 8.91. The smallest absolute Gasteiger partial charge is 0.270 e. The van der Waals surface area contributed by atoms with Crippen LogP contribution in [-0.4, -0.2) is 36.7 Å². The third kappa shape index (κ3) is 4.78. The van der Waals surface area contributed by atoms with Crippen molar-refractivity contribution in [3.63, 3.8) is 0 Å². The minimum absolute atomic E-state index is 0.0380. The molecule has 0 aliphatic carbocycles. The molecule has 0 saturated carbocycles. The highest BCUT2D eigenvalue weighted by molar-refractivity contribution is 7.92. The highest BCUT2D eigenvalue weighted by Crippen LogP contribution is 2.30. The molecule has 0 atom stereocenters. The molecule has 4 rings (SSSR count). The summed E-state index contributed by atoms with van der Waals surface area (Å²) in [6, 6.07) is 8.49. The molecule has 1 aliphatic rings.